The van der Waals surface area contributed by atoms with Crippen LogP contribution in [-0.2, 0) is 14.6 Å². The van der Waals surface area contributed by atoms with E-state index in [2.05, 4.69) is 5.32 Å². The highest BCUT2D eigenvalue weighted by molar-refractivity contribution is 7.92. The van der Waals surface area contributed by atoms with Crippen LogP contribution in [0.2, 0.25) is 0 Å². The maximum Gasteiger partial charge on any atom is 0.242 e. The van der Waals surface area contributed by atoms with Crippen molar-refractivity contribution in [3.8, 4) is 11.8 Å². The summed E-state index contributed by atoms with van der Waals surface area (Å²) in [5, 5.41) is 9.81. The number of carbonyl (C=O) groups is 1. The molecule has 0 aliphatic rings. The van der Waals surface area contributed by atoms with Crippen LogP contribution in [0.15, 0.2) is 24.3 Å². The minimum absolute atomic E-state index is 0.159. The van der Waals surface area contributed by atoms with Crippen LogP contribution in [0.1, 0.15) is 19.8 Å². The van der Waals surface area contributed by atoms with Gasteiger partial charge in [0.15, 0.2) is 9.84 Å². The quantitative estimate of drug-likeness (QED) is 0.774. The zero-order valence-electron chi connectivity index (χ0n) is 12.0. The summed E-state index contributed by atoms with van der Waals surface area (Å²) in [6, 6.07) is 8.48. The van der Waals surface area contributed by atoms with E-state index in [1.807, 2.05) is 6.07 Å². The summed E-state index contributed by atoms with van der Waals surface area (Å²) in [5.74, 6) is -0.111. The van der Waals surface area contributed by atoms with E-state index < -0.39 is 21.0 Å². The van der Waals surface area contributed by atoms with Gasteiger partial charge in [-0.1, -0.05) is 0 Å². The normalized spacial score (nSPS) is 12.2. The number of unbranched alkanes of at least 4 members (excludes halogenated alkanes) is 1. The fraction of sp³-hybridized carbons (Fsp3) is 0.429. The van der Waals surface area contributed by atoms with Gasteiger partial charge in [-0.2, -0.15) is 5.26 Å². The Bertz CT molecular complexity index is 617. The first kappa shape index (κ1) is 17.0. The molecule has 6 nitrogen and oxygen atoms in total. The highest BCUT2D eigenvalue weighted by Gasteiger charge is 2.27. The van der Waals surface area contributed by atoms with Crippen molar-refractivity contribution in [2.24, 2.45) is 0 Å². The van der Waals surface area contributed by atoms with Gasteiger partial charge in [0.2, 0.25) is 5.91 Å². The van der Waals surface area contributed by atoms with Crippen molar-refractivity contribution >= 4 is 21.4 Å². The summed E-state index contributed by atoms with van der Waals surface area (Å²) in [6.45, 7) is 1.35. The van der Waals surface area contributed by atoms with Crippen LogP contribution in [0.25, 0.3) is 0 Å². The Labute approximate surface area is 124 Å². The van der Waals surface area contributed by atoms with Gasteiger partial charge >= 0.3 is 0 Å². The van der Waals surface area contributed by atoms with Gasteiger partial charge in [0.25, 0.3) is 0 Å². The molecule has 1 unspecified atom stereocenters. The average molecular weight is 310 g/mol. The molecule has 0 bridgehead atoms. The van der Waals surface area contributed by atoms with Crippen LogP contribution >= 0.6 is 0 Å². The largest absolute Gasteiger partial charge is 0.497 e. The van der Waals surface area contributed by atoms with Crippen molar-refractivity contribution in [1.29, 1.82) is 5.26 Å². The molecule has 0 fully saturated rings. The molecule has 1 amide bonds. The lowest BCUT2D eigenvalue weighted by molar-refractivity contribution is -0.115. The van der Waals surface area contributed by atoms with Crippen molar-refractivity contribution in [3.63, 3.8) is 0 Å². The van der Waals surface area contributed by atoms with Gasteiger partial charge in [0, 0.05) is 12.1 Å². The van der Waals surface area contributed by atoms with E-state index in [1.54, 1.807) is 24.3 Å². The Balaban J connectivity index is 2.67. The first-order chi connectivity index (χ1) is 9.90. The molecule has 114 valence electrons. The molecule has 0 heterocycles. The number of rotatable bonds is 7. The van der Waals surface area contributed by atoms with Crippen molar-refractivity contribution in [3.05, 3.63) is 24.3 Å². The molecule has 1 rings (SSSR count). The maximum absolute atomic E-state index is 12.0. The van der Waals surface area contributed by atoms with Crippen LogP contribution < -0.4 is 10.1 Å². The monoisotopic (exact) mass is 310 g/mol. The summed E-state index contributed by atoms with van der Waals surface area (Å²) in [5.41, 5.74) is 0.500. The first-order valence-corrected chi connectivity index (χ1v) is 8.15. The Kier molecular flexibility index (Phi) is 6.18. The topological polar surface area (TPSA) is 96.3 Å². The summed E-state index contributed by atoms with van der Waals surface area (Å²) in [6.07, 6.45) is 0.394. The van der Waals surface area contributed by atoms with Crippen molar-refractivity contribution in [2.45, 2.75) is 25.0 Å². The number of ether oxygens (including phenoxy) is 1. The Hall–Kier alpha value is -2.07. The second-order valence-corrected chi connectivity index (χ2v) is 6.93. The third kappa shape index (κ3) is 5.08. The average Bonchev–Trinajstić information content (AvgIpc) is 2.47. The fourth-order valence-corrected chi connectivity index (χ4v) is 2.90. The number of nitrogens with one attached hydrogen (secondary N) is 1. The number of benzene rings is 1. The number of methoxy groups -OCH3 is 1. The van der Waals surface area contributed by atoms with E-state index in [-0.39, 0.29) is 18.6 Å². The lowest BCUT2D eigenvalue weighted by atomic mass is 10.3. The molecule has 0 aliphatic heterocycles. The molecule has 21 heavy (non-hydrogen) atoms. The van der Waals surface area contributed by atoms with Gasteiger partial charge in [0.05, 0.1) is 18.9 Å². The Morgan fingerprint density at radius 3 is 2.52 bits per heavy atom. The van der Waals surface area contributed by atoms with Gasteiger partial charge in [0.1, 0.15) is 11.0 Å². The molecule has 0 spiro atoms. The molecule has 0 aliphatic carbocycles. The number of nitrogens with zero attached hydrogens (tertiary/aromatic N) is 1. The number of amides is 1. The van der Waals surface area contributed by atoms with Crippen LogP contribution in [-0.4, -0.2) is 32.4 Å². The SMILES string of the molecule is COc1ccc(NC(=O)C(C)S(=O)(=O)CCCC#N)cc1. The summed E-state index contributed by atoms with van der Waals surface area (Å²) < 4.78 is 28.9. The minimum Gasteiger partial charge on any atom is -0.497 e. The molecule has 0 aromatic heterocycles. The van der Waals surface area contributed by atoms with Gasteiger partial charge < -0.3 is 10.1 Å². The third-order valence-corrected chi connectivity index (χ3v) is 5.13. The number of sulfone groups is 1. The first-order valence-electron chi connectivity index (χ1n) is 6.44. The fourth-order valence-electron chi connectivity index (χ4n) is 1.61. The molecule has 0 saturated heterocycles. The zero-order chi connectivity index (χ0) is 15.9. The van der Waals surface area contributed by atoms with Gasteiger partial charge in [-0.3, -0.25) is 4.79 Å². The minimum atomic E-state index is -3.55. The third-order valence-electron chi connectivity index (χ3n) is 2.98. The lowest BCUT2D eigenvalue weighted by Gasteiger charge is -2.13. The van der Waals surface area contributed by atoms with Crippen LogP contribution in [0, 0.1) is 11.3 Å². The molecule has 7 heteroatoms. The number of anilines is 1. The number of carbonyl (C=O) groups excluding carboxylic acids is 1. The second kappa shape index (κ2) is 7.64. The van der Waals surface area contributed by atoms with Gasteiger partial charge in [-0.25, -0.2) is 8.42 Å². The molecule has 1 aromatic rings. The van der Waals surface area contributed by atoms with E-state index in [4.69, 9.17) is 10.00 Å². The van der Waals surface area contributed by atoms with E-state index >= 15 is 0 Å². The highest BCUT2D eigenvalue weighted by Crippen LogP contribution is 2.16. The summed E-state index contributed by atoms with van der Waals surface area (Å²) in [7, 11) is -2.02. The lowest BCUT2D eigenvalue weighted by Crippen LogP contribution is -2.34. The highest BCUT2D eigenvalue weighted by atomic mass is 32.2. The smallest absolute Gasteiger partial charge is 0.242 e. The Morgan fingerprint density at radius 2 is 2.00 bits per heavy atom. The molecule has 1 N–H and O–H groups in total. The van der Waals surface area contributed by atoms with Gasteiger partial charge in [-0.15, -0.1) is 0 Å². The second-order valence-electron chi connectivity index (χ2n) is 4.49. The number of nitriles is 1. The van der Waals surface area contributed by atoms with E-state index in [0.29, 0.717) is 11.4 Å². The Morgan fingerprint density at radius 1 is 1.38 bits per heavy atom. The molecular weight excluding hydrogens is 292 g/mol. The zero-order valence-corrected chi connectivity index (χ0v) is 12.8. The van der Waals surface area contributed by atoms with Crippen molar-refractivity contribution < 1.29 is 17.9 Å². The molecular formula is C14H18N2O4S. The van der Waals surface area contributed by atoms with Crippen LogP contribution in [0.3, 0.4) is 0 Å². The van der Waals surface area contributed by atoms with Crippen molar-refractivity contribution in [1.82, 2.24) is 0 Å². The van der Waals surface area contributed by atoms with Crippen molar-refractivity contribution in [2.75, 3.05) is 18.2 Å². The predicted molar refractivity (Wildman–Crippen MR) is 79.7 cm³/mol. The molecule has 0 saturated carbocycles. The van der Waals surface area contributed by atoms with Gasteiger partial charge in [-0.05, 0) is 37.6 Å². The maximum atomic E-state index is 12.0. The van der Waals surface area contributed by atoms with E-state index in [1.165, 1.54) is 14.0 Å². The predicted octanol–water partition coefficient (Wildman–Crippen LogP) is 1.74. The summed E-state index contributed by atoms with van der Waals surface area (Å²) in [4.78, 5) is 12.0. The summed E-state index contributed by atoms with van der Waals surface area (Å²) >= 11 is 0. The molecule has 1 aromatic carbocycles. The van der Waals surface area contributed by atoms with Crippen LogP contribution in [0.4, 0.5) is 5.69 Å². The molecule has 0 radical (unpaired) electrons. The number of hydrogen-bond acceptors (Lipinski definition) is 5. The standard InChI is InChI=1S/C14H18N2O4S/c1-11(21(18,19)10-4-3-9-15)14(17)16-12-5-7-13(20-2)8-6-12/h5-8,11H,3-4,10H2,1-2H3,(H,16,17). The van der Waals surface area contributed by atoms with E-state index in [9.17, 15) is 13.2 Å². The van der Waals surface area contributed by atoms with Crippen LogP contribution in [0.5, 0.6) is 5.75 Å². The van der Waals surface area contributed by atoms with E-state index in [0.717, 1.165) is 0 Å². The number of hydrogen-bond donors (Lipinski definition) is 1. The molecule has 1 atom stereocenters.